The predicted molar refractivity (Wildman–Crippen MR) is 142 cm³/mol. The van der Waals surface area contributed by atoms with Crippen LogP contribution < -0.4 is 0 Å². The van der Waals surface area contributed by atoms with Gasteiger partial charge in [0.1, 0.15) is 22.1 Å². The van der Waals surface area contributed by atoms with Gasteiger partial charge < -0.3 is 14.4 Å². The van der Waals surface area contributed by atoms with Crippen LogP contribution in [0.2, 0.25) is 10.0 Å². The molecule has 2 aromatic carbocycles. The van der Waals surface area contributed by atoms with Crippen LogP contribution in [-0.4, -0.2) is 21.4 Å². The van der Waals surface area contributed by atoms with Crippen LogP contribution >= 0.6 is 50.5 Å². The Morgan fingerprint density at radius 2 is 1.86 bits per heavy atom. The molecule has 2 fully saturated rings. The third-order valence-corrected chi connectivity index (χ3v) is 9.29. The first kappa shape index (κ1) is 23.9. The highest BCUT2D eigenvalue weighted by molar-refractivity contribution is 9.10. The molecule has 2 aliphatic carbocycles. The first-order chi connectivity index (χ1) is 16.9. The molecule has 5 nitrogen and oxygen atoms in total. The van der Waals surface area contributed by atoms with Crippen molar-refractivity contribution >= 4 is 60.7 Å². The molecule has 9 heteroatoms. The third kappa shape index (κ3) is 4.67. The molecule has 35 heavy (non-hydrogen) atoms. The second kappa shape index (κ2) is 9.43. The Labute approximate surface area is 225 Å². The van der Waals surface area contributed by atoms with Crippen molar-refractivity contribution in [2.45, 2.75) is 62.8 Å². The van der Waals surface area contributed by atoms with Crippen LogP contribution in [-0.2, 0) is 16.9 Å². The summed E-state index contributed by atoms with van der Waals surface area (Å²) < 4.78 is 14.2. The molecule has 0 amide bonds. The van der Waals surface area contributed by atoms with Gasteiger partial charge in [-0.1, -0.05) is 50.4 Å². The molecule has 2 aliphatic rings. The van der Waals surface area contributed by atoms with E-state index in [9.17, 15) is 5.11 Å². The van der Waals surface area contributed by atoms with Gasteiger partial charge >= 0.3 is 0 Å². The molecule has 4 aromatic rings. The molecule has 0 spiro atoms. The van der Waals surface area contributed by atoms with E-state index in [1.54, 1.807) is 11.3 Å². The summed E-state index contributed by atoms with van der Waals surface area (Å²) in [4.78, 5) is 4.73. The van der Waals surface area contributed by atoms with Crippen molar-refractivity contribution in [2.24, 2.45) is 0 Å². The summed E-state index contributed by atoms with van der Waals surface area (Å²) in [6.07, 6.45) is 4.95. The SMILES string of the molecule is O[C@]1(c2nc3cc(Br)ccc3s2)CC[C@H](OCc2c(-c3c(Cl)cccc3Cl)noc2C2CC2)CC1. The lowest BCUT2D eigenvalue weighted by atomic mass is 9.83. The zero-order chi connectivity index (χ0) is 24.2. The molecule has 0 atom stereocenters. The van der Waals surface area contributed by atoms with Crippen molar-refractivity contribution in [1.29, 1.82) is 0 Å². The number of rotatable bonds is 6. The van der Waals surface area contributed by atoms with Crippen LogP contribution in [0.5, 0.6) is 0 Å². The molecule has 182 valence electrons. The van der Waals surface area contributed by atoms with Gasteiger partial charge in [-0.05, 0) is 68.9 Å². The van der Waals surface area contributed by atoms with Gasteiger partial charge in [0, 0.05) is 21.5 Å². The lowest BCUT2D eigenvalue weighted by molar-refractivity contribution is -0.0640. The van der Waals surface area contributed by atoms with Crippen LogP contribution in [0, 0.1) is 0 Å². The van der Waals surface area contributed by atoms with Crippen molar-refractivity contribution in [3.8, 4) is 11.3 Å². The number of nitrogens with zero attached hydrogens (tertiary/aromatic N) is 2. The molecule has 6 rings (SSSR count). The number of hydrogen-bond acceptors (Lipinski definition) is 6. The normalized spacial score (nSPS) is 22.7. The Bertz CT molecular complexity index is 1370. The summed E-state index contributed by atoms with van der Waals surface area (Å²) in [7, 11) is 0. The zero-order valence-electron chi connectivity index (χ0n) is 18.8. The van der Waals surface area contributed by atoms with Crippen LogP contribution in [0.4, 0.5) is 0 Å². The van der Waals surface area contributed by atoms with E-state index in [4.69, 9.17) is 37.4 Å². The maximum Gasteiger partial charge on any atom is 0.145 e. The van der Waals surface area contributed by atoms with E-state index >= 15 is 0 Å². The standard InChI is InChI=1S/C26H23BrCl2N2O3S/c27-15-6-7-21-20(12-15)30-25(35-21)26(32)10-8-16(9-11-26)33-13-17-23(31-34-24(17)14-4-5-14)22-18(28)2-1-3-19(22)29/h1-3,6-7,12,14,16,32H,4-5,8-11,13H2/t16-,26+. The predicted octanol–water partition coefficient (Wildman–Crippen LogP) is 8.25. The fourth-order valence-electron chi connectivity index (χ4n) is 4.80. The number of ether oxygens (including phenoxy) is 1. The molecule has 0 bridgehead atoms. The zero-order valence-corrected chi connectivity index (χ0v) is 22.7. The van der Waals surface area contributed by atoms with Crippen molar-refractivity contribution in [1.82, 2.24) is 10.1 Å². The van der Waals surface area contributed by atoms with Crippen LogP contribution in [0.15, 0.2) is 45.4 Å². The number of halogens is 3. The van der Waals surface area contributed by atoms with E-state index in [0.29, 0.717) is 46.7 Å². The number of fused-ring (bicyclic) bond motifs is 1. The number of aliphatic hydroxyl groups is 1. The van der Waals surface area contributed by atoms with E-state index < -0.39 is 5.60 Å². The van der Waals surface area contributed by atoms with Crippen LogP contribution in [0.3, 0.4) is 0 Å². The largest absolute Gasteiger partial charge is 0.383 e. The highest BCUT2D eigenvalue weighted by Crippen LogP contribution is 2.47. The maximum atomic E-state index is 11.4. The topological polar surface area (TPSA) is 68.4 Å². The monoisotopic (exact) mass is 592 g/mol. The summed E-state index contributed by atoms with van der Waals surface area (Å²) >= 11 is 18.0. The van der Waals surface area contributed by atoms with E-state index in [0.717, 1.165) is 56.7 Å². The van der Waals surface area contributed by atoms with Crippen molar-refractivity contribution in [2.75, 3.05) is 0 Å². The maximum absolute atomic E-state index is 11.4. The molecular formula is C26H23BrCl2N2O3S. The van der Waals surface area contributed by atoms with Gasteiger partial charge in [-0.15, -0.1) is 11.3 Å². The number of hydrogen-bond donors (Lipinski definition) is 1. The fraction of sp³-hybridized carbons (Fsp3) is 0.385. The van der Waals surface area contributed by atoms with E-state index in [-0.39, 0.29) is 6.10 Å². The molecule has 2 heterocycles. The second-order valence-electron chi connectivity index (χ2n) is 9.42. The number of aromatic nitrogens is 2. The van der Waals surface area contributed by atoms with Crippen molar-refractivity contribution < 1.29 is 14.4 Å². The van der Waals surface area contributed by atoms with Gasteiger partial charge in [0.05, 0.1) is 33.0 Å². The number of benzene rings is 2. The smallest absolute Gasteiger partial charge is 0.145 e. The summed E-state index contributed by atoms with van der Waals surface area (Å²) in [6.45, 7) is 0.379. The van der Waals surface area contributed by atoms with Gasteiger partial charge in [0.15, 0.2) is 0 Å². The third-order valence-electron chi connectivity index (χ3n) is 6.94. The highest BCUT2D eigenvalue weighted by atomic mass is 79.9. The summed E-state index contributed by atoms with van der Waals surface area (Å²) in [6, 6.07) is 11.5. The first-order valence-corrected chi connectivity index (χ1v) is 14.1. The lowest BCUT2D eigenvalue weighted by Crippen LogP contribution is -2.34. The Hall–Kier alpha value is -1.48. The molecule has 2 saturated carbocycles. The van der Waals surface area contributed by atoms with E-state index in [1.807, 2.05) is 36.4 Å². The minimum Gasteiger partial charge on any atom is -0.383 e. The average Bonchev–Trinajstić information content (AvgIpc) is 3.45. The van der Waals surface area contributed by atoms with E-state index in [1.165, 1.54) is 0 Å². The van der Waals surface area contributed by atoms with Crippen LogP contribution in [0.1, 0.15) is 60.8 Å². The average molecular weight is 594 g/mol. The molecule has 0 radical (unpaired) electrons. The second-order valence-corrected chi connectivity index (χ2v) is 12.2. The molecular weight excluding hydrogens is 571 g/mol. The lowest BCUT2D eigenvalue weighted by Gasteiger charge is -2.34. The summed E-state index contributed by atoms with van der Waals surface area (Å²) in [5.41, 5.74) is 2.28. The van der Waals surface area contributed by atoms with Crippen molar-refractivity contribution in [3.05, 3.63) is 67.2 Å². The summed E-state index contributed by atoms with van der Waals surface area (Å²) in [5, 5.41) is 17.6. The minimum absolute atomic E-state index is 0.0373. The molecule has 1 N–H and O–H groups in total. The van der Waals surface area contributed by atoms with Gasteiger partial charge in [-0.25, -0.2) is 4.98 Å². The Balaban J connectivity index is 1.18. The molecule has 0 aliphatic heterocycles. The van der Waals surface area contributed by atoms with Gasteiger partial charge in [-0.2, -0.15) is 0 Å². The first-order valence-electron chi connectivity index (χ1n) is 11.7. The Kier molecular flexibility index (Phi) is 6.44. The number of thiazole rings is 1. The fourth-order valence-corrected chi connectivity index (χ4v) is 6.82. The summed E-state index contributed by atoms with van der Waals surface area (Å²) in [5.74, 6) is 1.26. The van der Waals surface area contributed by atoms with Gasteiger partial charge in [0.2, 0.25) is 0 Å². The molecule has 2 aromatic heterocycles. The minimum atomic E-state index is -0.914. The Morgan fingerprint density at radius 3 is 2.57 bits per heavy atom. The molecule has 0 saturated heterocycles. The quantitative estimate of drug-likeness (QED) is 0.244. The van der Waals surface area contributed by atoms with E-state index in [2.05, 4.69) is 21.1 Å². The van der Waals surface area contributed by atoms with Gasteiger partial charge in [0.25, 0.3) is 0 Å². The Morgan fingerprint density at radius 1 is 1.11 bits per heavy atom. The van der Waals surface area contributed by atoms with Gasteiger partial charge in [-0.3, -0.25) is 0 Å². The van der Waals surface area contributed by atoms with Crippen molar-refractivity contribution in [3.63, 3.8) is 0 Å². The molecule has 0 unspecified atom stereocenters. The van der Waals surface area contributed by atoms with Crippen LogP contribution in [0.25, 0.3) is 21.5 Å². The highest BCUT2D eigenvalue weighted by Gasteiger charge is 2.39.